The van der Waals surface area contributed by atoms with E-state index in [1.54, 1.807) is 7.11 Å². The van der Waals surface area contributed by atoms with Crippen LogP contribution >= 0.6 is 0 Å². The summed E-state index contributed by atoms with van der Waals surface area (Å²) in [6.45, 7) is 2.04. The zero-order valence-corrected chi connectivity index (χ0v) is 7.45. The molecule has 0 aliphatic carbocycles. The SMILES string of the molecule is COC[C@@H]1CCCN1CC(N)=O. The van der Waals surface area contributed by atoms with Crippen LogP contribution in [0.4, 0.5) is 0 Å². The molecule has 0 spiro atoms. The minimum absolute atomic E-state index is 0.252. The summed E-state index contributed by atoms with van der Waals surface area (Å²) in [6.07, 6.45) is 2.25. The predicted molar refractivity (Wildman–Crippen MR) is 45.7 cm³/mol. The van der Waals surface area contributed by atoms with Gasteiger partial charge < -0.3 is 10.5 Å². The van der Waals surface area contributed by atoms with Gasteiger partial charge in [0.15, 0.2) is 0 Å². The maximum atomic E-state index is 10.6. The maximum absolute atomic E-state index is 10.6. The molecule has 1 amide bonds. The van der Waals surface area contributed by atoms with Crippen molar-refractivity contribution in [3.8, 4) is 0 Å². The van der Waals surface area contributed by atoms with Gasteiger partial charge in [-0.2, -0.15) is 0 Å². The monoisotopic (exact) mass is 172 g/mol. The fraction of sp³-hybridized carbons (Fsp3) is 0.875. The highest BCUT2D eigenvalue weighted by atomic mass is 16.5. The molecular formula is C8H16N2O2. The number of ether oxygens (including phenoxy) is 1. The average Bonchev–Trinajstić information content (AvgIpc) is 2.37. The number of nitrogens with zero attached hydrogens (tertiary/aromatic N) is 1. The predicted octanol–water partition coefficient (Wildman–Crippen LogP) is -0.417. The van der Waals surface area contributed by atoms with Gasteiger partial charge in [-0.15, -0.1) is 0 Å². The molecule has 12 heavy (non-hydrogen) atoms. The Morgan fingerprint density at radius 1 is 1.75 bits per heavy atom. The van der Waals surface area contributed by atoms with Gasteiger partial charge in [0.25, 0.3) is 0 Å². The van der Waals surface area contributed by atoms with Crippen molar-refractivity contribution in [3.63, 3.8) is 0 Å². The van der Waals surface area contributed by atoms with Crippen molar-refractivity contribution in [2.24, 2.45) is 5.73 Å². The van der Waals surface area contributed by atoms with Crippen LogP contribution in [0.3, 0.4) is 0 Å². The standard InChI is InChI=1S/C8H16N2O2/c1-12-6-7-3-2-4-10(7)5-8(9)11/h7H,2-6H2,1H3,(H2,9,11)/t7-/m0/s1. The third kappa shape index (κ3) is 2.46. The fourth-order valence-corrected chi connectivity index (χ4v) is 1.68. The molecule has 1 aliphatic heterocycles. The van der Waals surface area contributed by atoms with E-state index in [0.29, 0.717) is 19.2 Å². The minimum Gasteiger partial charge on any atom is -0.383 e. The van der Waals surface area contributed by atoms with Gasteiger partial charge >= 0.3 is 0 Å². The first-order valence-corrected chi connectivity index (χ1v) is 4.25. The van der Waals surface area contributed by atoms with Crippen molar-refractivity contribution in [1.29, 1.82) is 0 Å². The van der Waals surface area contributed by atoms with Crippen molar-refractivity contribution in [3.05, 3.63) is 0 Å². The van der Waals surface area contributed by atoms with Crippen LogP contribution in [0.5, 0.6) is 0 Å². The average molecular weight is 172 g/mol. The second-order valence-electron chi connectivity index (χ2n) is 3.19. The molecule has 1 fully saturated rings. The van der Waals surface area contributed by atoms with Gasteiger partial charge in [0.1, 0.15) is 0 Å². The molecule has 4 nitrogen and oxygen atoms in total. The molecule has 1 atom stereocenters. The second kappa shape index (κ2) is 4.42. The van der Waals surface area contributed by atoms with Crippen LogP contribution in [0.2, 0.25) is 0 Å². The molecule has 1 heterocycles. The van der Waals surface area contributed by atoms with Gasteiger partial charge in [-0.3, -0.25) is 9.69 Å². The molecule has 1 rings (SSSR count). The second-order valence-corrected chi connectivity index (χ2v) is 3.19. The quantitative estimate of drug-likeness (QED) is 0.626. The molecule has 2 N–H and O–H groups in total. The smallest absolute Gasteiger partial charge is 0.231 e. The zero-order valence-electron chi connectivity index (χ0n) is 7.45. The van der Waals surface area contributed by atoms with Crippen LogP contribution in [0.1, 0.15) is 12.8 Å². The summed E-state index contributed by atoms with van der Waals surface area (Å²) in [5.41, 5.74) is 5.11. The first-order valence-electron chi connectivity index (χ1n) is 4.25. The van der Waals surface area contributed by atoms with Crippen molar-refractivity contribution < 1.29 is 9.53 Å². The number of hydrogen-bond donors (Lipinski definition) is 1. The highest BCUT2D eigenvalue weighted by Crippen LogP contribution is 2.16. The lowest BCUT2D eigenvalue weighted by atomic mass is 10.2. The van der Waals surface area contributed by atoms with Gasteiger partial charge in [-0.05, 0) is 19.4 Å². The number of likely N-dealkylation sites (tertiary alicyclic amines) is 1. The number of carbonyl (C=O) groups excluding carboxylic acids is 1. The Hall–Kier alpha value is -0.610. The number of hydrogen-bond acceptors (Lipinski definition) is 3. The van der Waals surface area contributed by atoms with Gasteiger partial charge in [-0.1, -0.05) is 0 Å². The van der Waals surface area contributed by atoms with Crippen LogP contribution in [0.25, 0.3) is 0 Å². The highest BCUT2D eigenvalue weighted by Gasteiger charge is 2.24. The Labute approximate surface area is 72.7 Å². The van der Waals surface area contributed by atoms with Crippen molar-refractivity contribution in [2.45, 2.75) is 18.9 Å². The molecule has 0 radical (unpaired) electrons. The number of methoxy groups -OCH3 is 1. The van der Waals surface area contributed by atoms with Gasteiger partial charge in [-0.25, -0.2) is 0 Å². The van der Waals surface area contributed by atoms with E-state index in [1.807, 2.05) is 0 Å². The number of amides is 1. The Balaban J connectivity index is 2.35. The molecule has 0 unspecified atom stereocenters. The summed E-state index contributed by atoms with van der Waals surface area (Å²) in [5.74, 6) is -0.252. The van der Waals surface area contributed by atoms with Gasteiger partial charge in [0.05, 0.1) is 13.2 Å². The Morgan fingerprint density at radius 2 is 2.50 bits per heavy atom. The summed E-state index contributed by atoms with van der Waals surface area (Å²) >= 11 is 0. The minimum atomic E-state index is -0.252. The van der Waals surface area contributed by atoms with E-state index in [-0.39, 0.29) is 5.91 Å². The molecule has 0 bridgehead atoms. The van der Waals surface area contributed by atoms with Crippen LogP contribution in [0.15, 0.2) is 0 Å². The number of nitrogens with two attached hydrogens (primary N) is 1. The van der Waals surface area contributed by atoms with Crippen molar-refractivity contribution in [1.82, 2.24) is 4.90 Å². The first kappa shape index (κ1) is 9.48. The summed E-state index contributed by atoms with van der Waals surface area (Å²) < 4.78 is 5.04. The highest BCUT2D eigenvalue weighted by molar-refractivity contribution is 5.76. The lowest BCUT2D eigenvalue weighted by molar-refractivity contribution is -0.119. The van der Waals surface area contributed by atoms with E-state index in [0.717, 1.165) is 19.4 Å². The summed E-state index contributed by atoms with van der Waals surface area (Å²) in [7, 11) is 1.68. The largest absolute Gasteiger partial charge is 0.383 e. The lowest BCUT2D eigenvalue weighted by Gasteiger charge is -2.21. The van der Waals surface area contributed by atoms with Crippen LogP contribution < -0.4 is 5.73 Å². The van der Waals surface area contributed by atoms with E-state index in [4.69, 9.17) is 10.5 Å². The first-order chi connectivity index (χ1) is 5.74. The maximum Gasteiger partial charge on any atom is 0.231 e. The molecule has 0 saturated carbocycles. The molecule has 70 valence electrons. The third-order valence-corrected chi connectivity index (χ3v) is 2.22. The van der Waals surface area contributed by atoms with Gasteiger partial charge in [0, 0.05) is 13.2 Å². The van der Waals surface area contributed by atoms with E-state index in [9.17, 15) is 4.79 Å². The van der Waals surface area contributed by atoms with Crippen molar-refractivity contribution >= 4 is 5.91 Å². The molecule has 0 aromatic heterocycles. The van der Waals surface area contributed by atoms with Crippen molar-refractivity contribution in [2.75, 3.05) is 26.8 Å². The van der Waals surface area contributed by atoms with E-state index in [2.05, 4.69) is 4.90 Å². The zero-order chi connectivity index (χ0) is 8.97. The van der Waals surface area contributed by atoms with E-state index in [1.165, 1.54) is 0 Å². The summed E-state index contributed by atoms with van der Waals surface area (Å²) in [5, 5.41) is 0. The lowest BCUT2D eigenvalue weighted by Crippen LogP contribution is -2.39. The van der Waals surface area contributed by atoms with Crippen LogP contribution in [-0.4, -0.2) is 43.7 Å². The molecule has 4 heteroatoms. The van der Waals surface area contributed by atoms with Crippen LogP contribution in [0, 0.1) is 0 Å². The van der Waals surface area contributed by atoms with E-state index < -0.39 is 0 Å². The fourth-order valence-electron chi connectivity index (χ4n) is 1.68. The van der Waals surface area contributed by atoms with E-state index >= 15 is 0 Å². The molecule has 0 aromatic carbocycles. The number of carbonyl (C=O) groups is 1. The Bertz CT molecular complexity index is 161. The Morgan fingerprint density at radius 3 is 3.08 bits per heavy atom. The summed E-state index contributed by atoms with van der Waals surface area (Å²) in [4.78, 5) is 12.7. The normalized spacial score (nSPS) is 24.6. The molecular weight excluding hydrogens is 156 g/mol. The topological polar surface area (TPSA) is 55.6 Å². The molecule has 0 aromatic rings. The van der Waals surface area contributed by atoms with Crippen LogP contribution in [-0.2, 0) is 9.53 Å². The molecule has 1 aliphatic rings. The number of rotatable bonds is 4. The number of primary amides is 1. The molecule has 1 saturated heterocycles. The third-order valence-electron chi connectivity index (χ3n) is 2.22. The Kier molecular flexibility index (Phi) is 3.49. The summed E-state index contributed by atoms with van der Waals surface area (Å²) in [6, 6.07) is 0.391. The van der Waals surface area contributed by atoms with Gasteiger partial charge in [0.2, 0.25) is 5.91 Å².